The first-order chi connectivity index (χ1) is 21.7. The molecule has 10 nitrogen and oxygen atoms in total. The lowest BCUT2D eigenvalue weighted by molar-refractivity contribution is -0.0712. The van der Waals surface area contributed by atoms with Crippen molar-refractivity contribution in [1.82, 2.24) is 19.4 Å². The van der Waals surface area contributed by atoms with Crippen molar-refractivity contribution in [3.63, 3.8) is 0 Å². The van der Waals surface area contributed by atoms with E-state index in [0.717, 1.165) is 56.0 Å². The first kappa shape index (κ1) is 29.8. The lowest BCUT2D eigenvalue weighted by atomic mass is 9.88. The molecule has 0 spiro atoms. The molecule has 0 saturated carbocycles. The number of carboxylic acids is 1. The second-order valence-corrected chi connectivity index (χ2v) is 12.3. The Bertz CT molecular complexity index is 1740. The molecule has 4 aromatic rings. The smallest absolute Gasteiger partial charge is 0.357 e. The SMILES string of the molecule is CCc1nc(CN2CCC(c3cccc4c3O[C@@](C)(c3ccc(Cl)cc3F)O4)CC2)n(C[C@@H]2CCO2)c1-c1nc(C(=O)O)co1. The van der Waals surface area contributed by atoms with Crippen LogP contribution in [0.5, 0.6) is 11.5 Å². The fourth-order valence-corrected chi connectivity index (χ4v) is 6.67. The average Bonchev–Trinajstić information content (AvgIpc) is 3.70. The Kier molecular flexibility index (Phi) is 7.79. The van der Waals surface area contributed by atoms with Gasteiger partial charge < -0.3 is 28.3 Å². The summed E-state index contributed by atoms with van der Waals surface area (Å²) in [6, 6.07) is 10.4. The standard InChI is InChI=1S/C33H34ClFN4O6/c1-3-25-29(31-37-26(18-43-31)32(40)41)39(16-21-11-14-42-21)28(36-25)17-38-12-9-19(10-13-38)22-5-4-6-27-30(22)45-33(2,44-27)23-8-7-20(34)15-24(23)35/h4-8,15,18-19,21H,3,9-14,16-17H2,1-2H3,(H,40,41)/t21-,33-/m0/s1. The van der Waals surface area contributed by atoms with E-state index in [1.807, 2.05) is 19.1 Å². The topological polar surface area (TPSA) is 112 Å². The van der Waals surface area contributed by atoms with E-state index in [4.69, 9.17) is 35.2 Å². The minimum atomic E-state index is -1.29. The number of para-hydroxylation sites is 1. The molecule has 0 aliphatic carbocycles. The summed E-state index contributed by atoms with van der Waals surface area (Å²) >= 11 is 5.98. The van der Waals surface area contributed by atoms with E-state index in [1.54, 1.807) is 19.1 Å². The first-order valence-corrected chi connectivity index (χ1v) is 15.7. The Morgan fingerprint density at radius 1 is 1.16 bits per heavy atom. The molecule has 0 radical (unpaired) electrons. The number of likely N-dealkylation sites (tertiary alicyclic amines) is 1. The minimum Gasteiger partial charge on any atom is -0.476 e. The van der Waals surface area contributed by atoms with Crippen molar-refractivity contribution >= 4 is 17.6 Å². The van der Waals surface area contributed by atoms with Crippen LogP contribution in [0.1, 0.15) is 72.2 Å². The molecule has 2 aromatic heterocycles. The second kappa shape index (κ2) is 11.8. The number of benzene rings is 2. The van der Waals surface area contributed by atoms with Gasteiger partial charge in [-0.2, -0.15) is 0 Å². The molecule has 2 atom stereocenters. The van der Waals surface area contributed by atoms with Crippen molar-refractivity contribution in [3.05, 3.63) is 81.8 Å². The Hall–Kier alpha value is -3.93. The number of halogens is 2. The molecule has 2 aromatic carbocycles. The van der Waals surface area contributed by atoms with Crippen LogP contribution in [0.3, 0.4) is 0 Å². The number of carbonyl (C=O) groups is 1. The van der Waals surface area contributed by atoms with Gasteiger partial charge in [0, 0.05) is 24.1 Å². The van der Waals surface area contributed by atoms with E-state index in [0.29, 0.717) is 47.3 Å². The van der Waals surface area contributed by atoms with E-state index in [2.05, 4.69) is 20.5 Å². The largest absolute Gasteiger partial charge is 0.476 e. The number of hydrogen-bond donors (Lipinski definition) is 1. The number of rotatable bonds is 9. The number of aromatic carboxylic acids is 1. The molecule has 1 N–H and O–H groups in total. The average molecular weight is 637 g/mol. The van der Waals surface area contributed by atoms with Crippen LogP contribution in [0.4, 0.5) is 4.39 Å². The summed E-state index contributed by atoms with van der Waals surface area (Å²) in [4.78, 5) is 23.1. The van der Waals surface area contributed by atoms with Crippen molar-refractivity contribution in [3.8, 4) is 23.1 Å². The molecular weight excluding hydrogens is 603 g/mol. The number of fused-ring (bicyclic) bond motifs is 1. The first-order valence-electron chi connectivity index (χ1n) is 15.3. The molecular formula is C33H34ClFN4O6. The number of carboxylic acid groups (broad SMARTS) is 1. The Balaban J connectivity index is 1.09. The van der Waals surface area contributed by atoms with E-state index in [-0.39, 0.29) is 23.6 Å². The Morgan fingerprint density at radius 2 is 1.96 bits per heavy atom. The predicted molar refractivity (Wildman–Crippen MR) is 162 cm³/mol. The Labute approximate surface area is 264 Å². The molecule has 7 rings (SSSR count). The highest BCUT2D eigenvalue weighted by Gasteiger charge is 2.43. The lowest BCUT2D eigenvalue weighted by Gasteiger charge is -2.33. The maximum absolute atomic E-state index is 14.9. The van der Waals surface area contributed by atoms with Gasteiger partial charge in [-0.1, -0.05) is 30.7 Å². The van der Waals surface area contributed by atoms with Crippen molar-refractivity contribution in [2.75, 3.05) is 19.7 Å². The van der Waals surface area contributed by atoms with Gasteiger partial charge in [0.05, 0.1) is 30.5 Å². The van der Waals surface area contributed by atoms with E-state index < -0.39 is 17.6 Å². The highest BCUT2D eigenvalue weighted by atomic mass is 35.5. The number of nitrogens with zero attached hydrogens (tertiary/aromatic N) is 4. The maximum atomic E-state index is 14.9. The van der Waals surface area contributed by atoms with Crippen LogP contribution < -0.4 is 9.47 Å². The molecule has 3 aliphatic heterocycles. The van der Waals surface area contributed by atoms with E-state index in [9.17, 15) is 14.3 Å². The van der Waals surface area contributed by atoms with Gasteiger partial charge >= 0.3 is 5.97 Å². The van der Waals surface area contributed by atoms with Gasteiger partial charge in [-0.3, -0.25) is 4.90 Å². The minimum absolute atomic E-state index is 0.0653. The van der Waals surface area contributed by atoms with Gasteiger partial charge in [-0.05, 0) is 69.0 Å². The summed E-state index contributed by atoms with van der Waals surface area (Å²) in [5, 5.41) is 9.72. The Morgan fingerprint density at radius 3 is 2.62 bits per heavy atom. The van der Waals surface area contributed by atoms with E-state index >= 15 is 0 Å². The fraction of sp³-hybridized carbons (Fsp3) is 0.424. The number of ether oxygens (including phenoxy) is 3. The zero-order valence-corrected chi connectivity index (χ0v) is 25.8. The summed E-state index contributed by atoms with van der Waals surface area (Å²) in [5.74, 6) is -0.272. The summed E-state index contributed by atoms with van der Waals surface area (Å²) in [7, 11) is 0. The van der Waals surface area contributed by atoms with Gasteiger partial charge in [-0.15, -0.1) is 0 Å². The van der Waals surface area contributed by atoms with Crippen molar-refractivity contribution < 1.29 is 32.9 Å². The fourth-order valence-electron chi connectivity index (χ4n) is 6.51. The molecule has 3 aliphatic rings. The third-order valence-corrected chi connectivity index (χ3v) is 9.22. The highest BCUT2D eigenvalue weighted by Crippen LogP contribution is 2.50. The predicted octanol–water partition coefficient (Wildman–Crippen LogP) is 6.40. The summed E-state index contributed by atoms with van der Waals surface area (Å²) < 4.78 is 40.9. The van der Waals surface area contributed by atoms with Crippen LogP contribution in [0.25, 0.3) is 11.6 Å². The zero-order chi connectivity index (χ0) is 31.3. The second-order valence-electron chi connectivity index (χ2n) is 11.9. The van der Waals surface area contributed by atoms with Crippen LogP contribution in [-0.4, -0.2) is 56.3 Å². The monoisotopic (exact) mass is 636 g/mol. The van der Waals surface area contributed by atoms with Crippen molar-refractivity contribution in [2.24, 2.45) is 0 Å². The normalized spacial score (nSPS) is 21.6. The number of piperidine rings is 1. The lowest BCUT2D eigenvalue weighted by Crippen LogP contribution is -2.35. The van der Waals surface area contributed by atoms with Crippen LogP contribution in [-0.2, 0) is 30.0 Å². The molecule has 5 heterocycles. The van der Waals surface area contributed by atoms with Crippen LogP contribution in [0, 0.1) is 5.82 Å². The van der Waals surface area contributed by atoms with Gasteiger partial charge in [0.15, 0.2) is 17.2 Å². The molecule has 0 amide bonds. The summed E-state index contributed by atoms with van der Waals surface area (Å²) in [6.07, 6.45) is 4.62. The van der Waals surface area contributed by atoms with Crippen LogP contribution >= 0.6 is 11.6 Å². The molecule has 0 bridgehead atoms. The van der Waals surface area contributed by atoms with Gasteiger partial charge in [0.2, 0.25) is 5.89 Å². The summed E-state index contributed by atoms with van der Waals surface area (Å²) in [5.41, 5.74) is 2.74. The molecule has 2 fully saturated rings. The number of aromatic nitrogens is 3. The van der Waals surface area contributed by atoms with E-state index in [1.165, 1.54) is 12.3 Å². The number of hydrogen-bond acceptors (Lipinski definition) is 8. The number of aryl methyl sites for hydroxylation is 1. The maximum Gasteiger partial charge on any atom is 0.357 e. The van der Waals surface area contributed by atoms with Gasteiger partial charge in [0.25, 0.3) is 5.79 Å². The number of oxazole rings is 1. The van der Waals surface area contributed by atoms with Crippen LogP contribution in [0.15, 0.2) is 47.1 Å². The van der Waals surface area contributed by atoms with Crippen LogP contribution in [0.2, 0.25) is 5.02 Å². The molecule has 12 heteroatoms. The molecule has 2 saturated heterocycles. The van der Waals surface area contributed by atoms with Crippen molar-refractivity contribution in [2.45, 2.75) is 70.4 Å². The number of imidazole rings is 1. The molecule has 236 valence electrons. The zero-order valence-electron chi connectivity index (χ0n) is 25.1. The highest BCUT2D eigenvalue weighted by molar-refractivity contribution is 6.30. The summed E-state index contributed by atoms with van der Waals surface area (Å²) in [6.45, 7) is 7.36. The van der Waals surface area contributed by atoms with Gasteiger partial charge in [0.1, 0.15) is 23.6 Å². The van der Waals surface area contributed by atoms with Gasteiger partial charge in [-0.25, -0.2) is 19.2 Å². The third kappa shape index (κ3) is 5.57. The van der Waals surface area contributed by atoms with Crippen molar-refractivity contribution in [1.29, 1.82) is 0 Å². The third-order valence-electron chi connectivity index (χ3n) is 8.98. The molecule has 45 heavy (non-hydrogen) atoms. The quantitative estimate of drug-likeness (QED) is 0.223. The molecule has 0 unspecified atom stereocenters.